The Bertz CT molecular complexity index is 836. The summed E-state index contributed by atoms with van der Waals surface area (Å²) in [5, 5.41) is 0. The van der Waals surface area contributed by atoms with E-state index in [9.17, 15) is 8.42 Å². The van der Waals surface area contributed by atoms with Gasteiger partial charge in [0.05, 0.1) is 18.4 Å². The Labute approximate surface area is 161 Å². The Kier molecular flexibility index (Phi) is 6.49. The Morgan fingerprint density at radius 1 is 1.11 bits per heavy atom. The van der Waals surface area contributed by atoms with Crippen molar-refractivity contribution < 1.29 is 13.2 Å². The molecule has 0 spiro atoms. The average molecular weight is 390 g/mol. The van der Waals surface area contributed by atoms with E-state index >= 15 is 0 Å². The van der Waals surface area contributed by atoms with Gasteiger partial charge < -0.3 is 4.74 Å². The maximum absolute atomic E-state index is 12.4. The number of sulfonamides is 1. The van der Waals surface area contributed by atoms with E-state index in [0.717, 1.165) is 22.4 Å². The predicted molar refractivity (Wildman–Crippen MR) is 107 cm³/mol. The van der Waals surface area contributed by atoms with E-state index in [1.807, 2.05) is 62.4 Å². The number of hydrazine groups is 1. The Balaban J connectivity index is 1.59. The minimum Gasteiger partial charge on any atom is -0.494 e. The summed E-state index contributed by atoms with van der Waals surface area (Å²) in [4.78, 5) is 0. The van der Waals surface area contributed by atoms with Gasteiger partial charge in [-0.15, -0.1) is 0 Å². The lowest BCUT2D eigenvalue weighted by Crippen LogP contribution is -2.33. The zero-order chi connectivity index (χ0) is 19.3. The molecular formula is C20H27N3O3S. The first kappa shape index (κ1) is 19.8. The van der Waals surface area contributed by atoms with Gasteiger partial charge in [-0.2, -0.15) is 0 Å². The first-order valence-corrected chi connectivity index (χ1v) is 10.9. The lowest BCUT2D eigenvalue weighted by molar-refractivity contribution is 0.340. The van der Waals surface area contributed by atoms with Gasteiger partial charge in [0.15, 0.2) is 0 Å². The van der Waals surface area contributed by atoms with Crippen LogP contribution >= 0.6 is 0 Å². The summed E-state index contributed by atoms with van der Waals surface area (Å²) in [5.74, 6) is 0.951. The molecule has 0 bridgehead atoms. The fraction of sp³-hybridized carbons (Fsp3) is 0.400. The van der Waals surface area contributed by atoms with Crippen LogP contribution in [0.1, 0.15) is 29.7 Å². The third-order valence-corrected chi connectivity index (χ3v) is 6.01. The van der Waals surface area contributed by atoms with Crippen molar-refractivity contribution in [2.24, 2.45) is 5.92 Å². The van der Waals surface area contributed by atoms with E-state index in [-0.39, 0.29) is 17.7 Å². The number of hydrogen-bond donors (Lipinski definition) is 3. The molecule has 7 heteroatoms. The largest absolute Gasteiger partial charge is 0.494 e. The van der Waals surface area contributed by atoms with E-state index < -0.39 is 10.0 Å². The average Bonchev–Trinajstić information content (AvgIpc) is 3.12. The molecule has 1 heterocycles. The van der Waals surface area contributed by atoms with Crippen LogP contribution in [0.5, 0.6) is 5.75 Å². The van der Waals surface area contributed by atoms with Gasteiger partial charge in [0.25, 0.3) is 0 Å². The zero-order valence-corrected chi connectivity index (χ0v) is 16.6. The van der Waals surface area contributed by atoms with Gasteiger partial charge in [0.1, 0.15) is 5.75 Å². The van der Waals surface area contributed by atoms with Crippen molar-refractivity contribution in [2.45, 2.75) is 25.6 Å². The van der Waals surface area contributed by atoms with Crippen LogP contribution in [0.4, 0.5) is 0 Å². The maximum Gasteiger partial charge on any atom is 0.215 e. The molecule has 1 saturated heterocycles. The number of ether oxygens (including phenoxy) is 1. The molecule has 0 aliphatic carbocycles. The summed E-state index contributed by atoms with van der Waals surface area (Å²) >= 11 is 0. The van der Waals surface area contributed by atoms with Gasteiger partial charge in [0.2, 0.25) is 10.0 Å². The van der Waals surface area contributed by atoms with E-state index in [4.69, 9.17) is 4.74 Å². The molecule has 6 nitrogen and oxygen atoms in total. The summed E-state index contributed by atoms with van der Waals surface area (Å²) in [6.45, 7) is 5.65. The summed E-state index contributed by atoms with van der Waals surface area (Å²) in [6.07, 6.45) is 0. The molecule has 2 unspecified atom stereocenters. The molecule has 0 saturated carbocycles. The molecule has 2 aromatic carbocycles. The molecule has 3 N–H and O–H groups in total. The second-order valence-electron chi connectivity index (χ2n) is 6.86. The van der Waals surface area contributed by atoms with Gasteiger partial charge >= 0.3 is 0 Å². The summed E-state index contributed by atoms with van der Waals surface area (Å²) in [7, 11) is -3.38. The quantitative estimate of drug-likeness (QED) is 0.646. The second kappa shape index (κ2) is 8.84. The SMILES string of the molecule is CCOc1ccc(C2NNCC2CNS(=O)(=O)Cc2ccc(C)cc2)cc1. The van der Waals surface area contributed by atoms with Crippen LogP contribution in [0.3, 0.4) is 0 Å². The smallest absolute Gasteiger partial charge is 0.215 e. The molecule has 0 aromatic heterocycles. The summed E-state index contributed by atoms with van der Waals surface area (Å²) < 4.78 is 33.1. The molecule has 146 valence electrons. The highest BCUT2D eigenvalue weighted by atomic mass is 32.2. The fourth-order valence-electron chi connectivity index (χ4n) is 3.21. The van der Waals surface area contributed by atoms with Crippen LogP contribution < -0.4 is 20.3 Å². The molecule has 3 rings (SSSR count). The van der Waals surface area contributed by atoms with Crippen molar-refractivity contribution in [1.82, 2.24) is 15.6 Å². The Morgan fingerprint density at radius 2 is 1.81 bits per heavy atom. The van der Waals surface area contributed by atoms with Crippen LogP contribution in [0.25, 0.3) is 0 Å². The van der Waals surface area contributed by atoms with Crippen LogP contribution in [-0.2, 0) is 15.8 Å². The third kappa shape index (κ3) is 5.52. The van der Waals surface area contributed by atoms with Gasteiger partial charge in [-0.3, -0.25) is 5.43 Å². The monoisotopic (exact) mass is 389 g/mol. The normalized spacial score (nSPS) is 19.9. The van der Waals surface area contributed by atoms with Crippen molar-refractivity contribution in [3.63, 3.8) is 0 Å². The molecular weight excluding hydrogens is 362 g/mol. The fourth-order valence-corrected chi connectivity index (χ4v) is 4.41. The van der Waals surface area contributed by atoms with Crippen LogP contribution in [0.2, 0.25) is 0 Å². The summed E-state index contributed by atoms with van der Waals surface area (Å²) in [5.41, 5.74) is 9.39. The van der Waals surface area contributed by atoms with E-state index in [1.165, 1.54) is 0 Å². The first-order valence-electron chi connectivity index (χ1n) is 9.21. The predicted octanol–water partition coefficient (Wildman–Crippen LogP) is 2.28. The minimum absolute atomic E-state index is 0.00538. The number of hydrogen-bond acceptors (Lipinski definition) is 5. The minimum atomic E-state index is -3.38. The third-order valence-electron chi connectivity index (χ3n) is 4.69. The van der Waals surface area contributed by atoms with E-state index in [1.54, 1.807) is 0 Å². The summed E-state index contributed by atoms with van der Waals surface area (Å²) in [6, 6.07) is 15.5. The van der Waals surface area contributed by atoms with E-state index in [0.29, 0.717) is 19.7 Å². The Hall–Kier alpha value is -1.93. The molecule has 0 radical (unpaired) electrons. The molecule has 27 heavy (non-hydrogen) atoms. The molecule has 1 fully saturated rings. The highest BCUT2D eigenvalue weighted by Gasteiger charge is 2.29. The van der Waals surface area contributed by atoms with Crippen molar-refractivity contribution in [2.75, 3.05) is 19.7 Å². The van der Waals surface area contributed by atoms with Crippen molar-refractivity contribution in [3.05, 3.63) is 65.2 Å². The first-order chi connectivity index (χ1) is 13.0. The highest BCUT2D eigenvalue weighted by molar-refractivity contribution is 7.88. The second-order valence-corrected chi connectivity index (χ2v) is 8.67. The van der Waals surface area contributed by atoms with Gasteiger partial charge in [-0.05, 0) is 37.1 Å². The molecule has 2 aromatic rings. The number of rotatable bonds is 8. The standard InChI is InChI=1S/C20H27N3O3S/c1-3-26-19-10-8-17(9-11-19)20-18(12-21-23-20)13-22-27(24,25)14-16-6-4-15(2)5-7-16/h4-11,18,20-23H,3,12-14H2,1-2H3. The molecule has 2 atom stereocenters. The Morgan fingerprint density at radius 3 is 2.48 bits per heavy atom. The van der Waals surface area contributed by atoms with Crippen molar-refractivity contribution in [1.29, 1.82) is 0 Å². The van der Waals surface area contributed by atoms with E-state index in [2.05, 4.69) is 15.6 Å². The molecule has 0 amide bonds. The lowest BCUT2D eigenvalue weighted by atomic mass is 9.95. The van der Waals surface area contributed by atoms with Crippen LogP contribution in [-0.4, -0.2) is 28.1 Å². The van der Waals surface area contributed by atoms with Crippen molar-refractivity contribution in [3.8, 4) is 5.75 Å². The number of nitrogens with one attached hydrogen (secondary N) is 3. The van der Waals surface area contributed by atoms with Gasteiger partial charge in [-0.1, -0.05) is 42.0 Å². The van der Waals surface area contributed by atoms with Crippen LogP contribution in [0, 0.1) is 12.8 Å². The maximum atomic E-state index is 12.4. The lowest BCUT2D eigenvalue weighted by Gasteiger charge is -2.19. The topological polar surface area (TPSA) is 79.5 Å². The van der Waals surface area contributed by atoms with Gasteiger partial charge in [0, 0.05) is 19.0 Å². The number of aryl methyl sites for hydroxylation is 1. The van der Waals surface area contributed by atoms with Gasteiger partial charge in [-0.25, -0.2) is 18.6 Å². The zero-order valence-electron chi connectivity index (χ0n) is 15.7. The molecule has 1 aliphatic rings. The van der Waals surface area contributed by atoms with Crippen LogP contribution in [0.15, 0.2) is 48.5 Å². The van der Waals surface area contributed by atoms with Crippen molar-refractivity contribution >= 4 is 10.0 Å². The number of benzene rings is 2. The highest BCUT2D eigenvalue weighted by Crippen LogP contribution is 2.26. The molecule has 1 aliphatic heterocycles.